The summed E-state index contributed by atoms with van der Waals surface area (Å²) in [4.78, 5) is 0.160. The van der Waals surface area contributed by atoms with Crippen molar-refractivity contribution in [3.05, 3.63) is 12.4 Å². The van der Waals surface area contributed by atoms with Gasteiger partial charge >= 0.3 is 0 Å². The molecule has 6 nitrogen and oxygen atoms in total. The first-order chi connectivity index (χ1) is 8.36. The van der Waals surface area contributed by atoms with Crippen LogP contribution in [-0.2, 0) is 16.6 Å². The fourth-order valence-corrected chi connectivity index (χ4v) is 2.63. The van der Waals surface area contributed by atoms with E-state index in [0.29, 0.717) is 13.0 Å². The van der Waals surface area contributed by atoms with Gasteiger partial charge in [-0.2, -0.15) is 5.10 Å². The molecule has 0 aromatic carbocycles. The Kier molecular flexibility index (Phi) is 5.30. The number of nitrogens with zero attached hydrogens (tertiary/aromatic N) is 2. The van der Waals surface area contributed by atoms with Crippen LogP contribution in [0.15, 0.2) is 17.3 Å². The zero-order chi connectivity index (χ0) is 13.8. The van der Waals surface area contributed by atoms with Crippen molar-refractivity contribution in [1.82, 2.24) is 14.5 Å². The standard InChI is InChI=1S/C11H21N3O3S/c1-9(2)10(3)13-18(16,17)11-7-12-14(8-11)5-4-6-15/h7-10,13,15H,4-6H2,1-3H3. The maximum atomic E-state index is 12.0. The molecule has 0 amide bonds. The number of aliphatic hydroxyl groups excluding tert-OH is 1. The fraction of sp³-hybridized carbons (Fsp3) is 0.727. The summed E-state index contributed by atoms with van der Waals surface area (Å²) in [7, 11) is -3.50. The quantitative estimate of drug-likeness (QED) is 0.762. The molecule has 1 atom stereocenters. The van der Waals surface area contributed by atoms with Crippen LogP contribution >= 0.6 is 0 Å². The normalized spacial score (nSPS) is 14.1. The highest BCUT2D eigenvalue weighted by Gasteiger charge is 2.20. The molecule has 18 heavy (non-hydrogen) atoms. The molecular formula is C11H21N3O3S. The SMILES string of the molecule is CC(C)C(C)NS(=O)(=O)c1cnn(CCCO)c1. The molecule has 7 heteroatoms. The number of rotatable bonds is 7. The van der Waals surface area contributed by atoms with Gasteiger partial charge in [0.2, 0.25) is 10.0 Å². The van der Waals surface area contributed by atoms with Crippen LogP contribution in [0.1, 0.15) is 27.2 Å². The molecule has 0 aliphatic carbocycles. The molecule has 0 saturated carbocycles. The first-order valence-electron chi connectivity index (χ1n) is 6.02. The molecular weight excluding hydrogens is 254 g/mol. The van der Waals surface area contributed by atoms with Gasteiger partial charge in [-0.25, -0.2) is 13.1 Å². The van der Waals surface area contributed by atoms with Crippen LogP contribution in [0, 0.1) is 5.92 Å². The minimum absolute atomic E-state index is 0.0601. The largest absolute Gasteiger partial charge is 0.396 e. The highest BCUT2D eigenvalue weighted by atomic mass is 32.2. The van der Waals surface area contributed by atoms with Crippen molar-refractivity contribution in [2.24, 2.45) is 5.92 Å². The second-order valence-corrected chi connectivity index (χ2v) is 6.38. The van der Waals surface area contributed by atoms with Gasteiger partial charge in [-0.05, 0) is 19.3 Å². The first kappa shape index (κ1) is 15.1. The lowest BCUT2D eigenvalue weighted by Gasteiger charge is -2.16. The molecule has 1 aromatic rings. The van der Waals surface area contributed by atoms with Crippen molar-refractivity contribution >= 4 is 10.0 Å². The van der Waals surface area contributed by atoms with Gasteiger partial charge in [-0.3, -0.25) is 4.68 Å². The lowest BCUT2D eigenvalue weighted by atomic mass is 10.1. The molecule has 0 spiro atoms. The number of aliphatic hydroxyl groups is 1. The average molecular weight is 275 g/mol. The Morgan fingerprint density at radius 3 is 2.67 bits per heavy atom. The third-order valence-electron chi connectivity index (χ3n) is 2.81. The summed E-state index contributed by atoms with van der Waals surface area (Å²) in [6.45, 7) is 6.31. The maximum Gasteiger partial charge on any atom is 0.243 e. The molecule has 1 aromatic heterocycles. The summed E-state index contributed by atoms with van der Waals surface area (Å²) in [6.07, 6.45) is 3.36. The Morgan fingerprint density at radius 2 is 2.11 bits per heavy atom. The fourth-order valence-electron chi connectivity index (χ4n) is 1.29. The zero-order valence-corrected chi connectivity index (χ0v) is 11.8. The van der Waals surface area contributed by atoms with Gasteiger partial charge in [0.25, 0.3) is 0 Å². The second kappa shape index (κ2) is 6.31. The predicted molar refractivity (Wildman–Crippen MR) is 68.6 cm³/mol. The Balaban J connectivity index is 2.76. The van der Waals surface area contributed by atoms with Crippen LogP contribution in [0.25, 0.3) is 0 Å². The van der Waals surface area contributed by atoms with Gasteiger partial charge in [0.15, 0.2) is 0 Å². The van der Waals surface area contributed by atoms with E-state index in [4.69, 9.17) is 5.11 Å². The predicted octanol–water partition coefficient (Wildman–Crippen LogP) is 0.588. The van der Waals surface area contributed by atoms with Gasteiger partial charge in [-0.1, -0.05) is 13.8 Å². The van der Waals surface area contributed by atoms with Crippen LogP contribution < -0.4 is 4.72 Å². The summed E-state index contributed by atoms with van der Waals surface area (Å²) in [5.74, 6) is 0.226. The van der Waals surface area contributed by atoms with Crippen molar-refractivity contribution in [1.29, 1.82) is 0 Å². The lowest BCUT2D eigenvalue weighted by molar-refractivity contribution is 0.277. The van der Waals surface area contributed by atoms with Gasteiger partial charge in [-0.15, -0.1) is 0 Å². The number of hydrogen-bond donors (Lipinski definition) is 2. The third kappa shape index (κ3) is 4.08. The van der Waals surface area contributed by atoms with E-state index in [2.05, 4.69) is 9.82 Å². The van der Waals surface area contributed by atoms with E-state index in [-0.39, 0.29) is 23.5 Å². The summed E-state index contributed by atoms with van der Waals surface area (Å²) in [6, 6.07) is -0.129. The van der Waals surface area contributed by atoms with E-state index in [0.717, 1.165) is 0 Å². The number of aromatic nitrogens is 2. The molecule has 0 saturated heterocycles. The van der Waals surface area contributed by atoms with Crippen molar-refractivity contribution in [2.75, 3.05) is 6.61 Å². The van der Waals surface area contributed by atoms with Crippen molar-refractivity contribution in [2.45, 2.75) is 44.7 Å². The Labute approximate surface area is 108 Å². The van der Waals surface area contributed by atoms with Crippen molar-refractivity contribution in [3.63, 3.8) is 0 Å². The van der Waals surface area contributed by atoms with Gasteiger partial charge in [0.05, 0.1) is 6.20 Å². The minimum Gasteiger partial charge on any atom is -0.396 e. The van der Waals surface area contributed by atoms with Crippen molar-refractivity contribution < 1.29 is 13.5 Å². The monoisotopic (exact) mass is 275 g/mol. The van der Waals surface area contributed by atoms with Gasteiger partial charge < -0.3 is 5.11 Å². The number of aryl methyl sites for hydroxylation is 1. The Morgan fingerprint density at radius 1 is 1.44 bits per heavy atom. The second-order valence-electron chi connectivity index (χ2n) is 4.67. The molecule has 1 unspecified atom stereocenters. The van der Waals surface area contributed by atoms with Crippen LogP contribution in [0.2, 0.25) is 0 Å². The minimum atomic E-state index is -3.50. The van der Waals surface area contributed by atoms with Crippen LogP contribution in [0.3, 0.4) is 0 Å². The summed E-state index contributed by atoms with van der Waals surface area (Å²) < 4.78 is 28.2. The molecule has 1 rings (SSSR count). The van der Waals surface area contributed by atoms with Gasteiger partial charge in [0, 0.05) is 25.4 Å². The first-order valence-corrected chi connectivity index (χ1v) is 7.51. The van der Waals surface area contributed by atoms with E-state index >= 15 is 0 Å². The smallest absolute Gasteiger partial charge is 0.243 e. The molecule has 0 fully saturated rings. The topological polar surface area (TPSA) is 84.2 Å². The molecule has 0 radical (unpaired) electrons. The van der Waals surface area contributed by atoms with E-state index in [1.54, 1.807) is 0 Å². The number of sulfonamides is 1. The van der Waals surface area contributed by atoms with Crippen LogP contribution in [0.5, 0.6) is 0 Å². The maximum absolute atomic E-state index is 12.0. The highest BCUT2D eigenvalue weighted by Crippen LogP contribution is 2.10. The lowest BCUT2D eigenvalue weighted by Crippen LogP contribution is -2.35. The van der Waals surface area contributed by atoms with E-state index < -0.39 is 10.0 Å². The molecule has 0 bridgehead atoms. The molecule has 0 aliphatic rings. The summed E-state index contributed by atoms with van der Waals surface area (Å²) in [5.41, 5.74) is 0. The summed E-state index contributed by atoms with van der Waals surface area (Å²) >= 11 is 0. The van der Waals surface area contributed by atoms with E-state index in [9.17, 15) is 8.42 Å². The Bertz CT molecular complexity index is 468. The van der Waals surface area contributed by atoms with Crippen LogP contribution in [-0.4, -0.2) is 36.0 Å². The zero-order valence-electron chi connectivity index (χ0n) is 11.0. The van der Waals surface area contributed by atoms with Crippen molar-refractivity contribution in [3.8, 4) is 0 Å². The summed E-state index contributed by atoms with van der Waals surface area (Å²) in [5, 5.41) is 12.7. The molecule has 1 heterocycles. The van der Waals surface area contributed by atoms with Gasteiger partial charge in [0.1, 0.15) is 4.90 Å². The van der Waals surface area contributed by atoms with E-state index in [1.165, 1.54) is 17.1 Å². The van der Waals surface area contributed by atoms with Crippen LogP contribution in [0.4, 0.5) is 0 Å². The highest BCUT2D eigenvalue weighted by molar-refractivity contribution is 7.89. The Hall–Kier alpha value is -0.920. The third-order valence-corrected chi connectivity index (χ3v) is 4.32. The average Bonchev–Trinajstić information content (AvgIpc) is 2.74. The molecule has 2 N–H and O–H groups in total. The molecule has 0 aliphatic heterocycles. The van der Waals surface area contributed by atoms with E-state index in [1.807, 2.05) is 20.8 Å². The number of hydrogen-bond acceptors (Lipinski definition) is 4. The molecule has 104 valence electrons. The number of nitrogens with one attached hydrogen (secondary N) is 1.